The average Bonchev–Trinajstić information content (AvgIpc) is 2.61. The molecule has 0 radical (unpaired) electrons. The maximum absolute atomic E-state index is 12.4. The first-order valence-electron chi connectivity index (χ1n) is 8.33. The number of anilines is 2. The highest BCUT2D eigenvalue weighted by atomic mass is 16.5. The predicted molar refractivity (Wildman–Crippen MR) is 101 cm³/mol. The SMILES string of the molecule is CCOc1ccccc1N(CC(=O)Nc1ccc(C(C)=O)cc1)C(C)=O. The van der Waals surface area contributed by atoms with Gasteiger partial charge in [0.25, 0.3) is 0 Å². The smallest absolute Gasteiger partial charge is 0.244 e. The Morgan fingerprint density at radius 1 is 1.00 bits per heavy atom. The normalized spacial score (nSPS) is 10.1. The molecule has 2 aromatic rings. The highest BCUT2D eigenvalue weighted by Crippen LogP contribution is 2.28. The van der Waals surface area contributed by atoms with Crippen molar-refractivity contribution in [3.8, 4) is 5.75 Å². The van der Waals surface area contributed by atoms with Crippen molar-refractivity contribution in [2.45, 2.75) is 20.8 Å². The number of rotatable bonds is 7. The molecule has 6 nitrogen and oxygen atoms in total. The van der Waals surface area contributed by atoms with E-state index in [1.165, 1.54) is 18.7 Å². The van der Waals surface area contributed by atoms with E-state index < -0.39 is 0 Å². The van der Waals surface area contributed by atoms with Crippen LogP contribution in [0.3, 0.4) is 0 Å². The van der Waals surface area contributed by atoms with Gasteiger partial charge >= 0.3 is 0 Å². The predicted octanol–water partition coefficient (Wildman–Crippen LogP) is 3.28. The first-order chi connectivity index (χ1) is 12.4. The third kappa shape index (κ3) is 4.92. The Kier molecular flexibility index (Phi) is 6.49. The van der Waals surface area contributed by atoms with E-state index in [1.807, 2.05) is 13.0 Å². The lowest BCUT2D eigenvalue weighted by atomic mass is 10.1. The number of amides is 2. The Labute approximate surface area is 152 Å². The maximum atomic E-state index is 12.4. The Hall–Kier alpha value is -3.15. The fourth-order valence-electron chi connectivity index (χ4n) is 2.46. The molecule has 2 aromatic carbocycles. The van der Waals surface area contributed by atoms with Crippen LogP contribution < -0.4 is 15.0 Å². The van der Waals surface area contributed by atoms with Crippen LogP contribution in [-0.4, -0.2) is 30.7 Å². The summed E-state index contributed by atoms with van der Waals surface area (Å²) >= 11 is 0. The minimum Gasteiger partial charge on any atom is -0.492 e. The van der Waals surface area contributed by atoms with Gasteiger partial charge in [0.05, 0.1) is 12.3 Å². The van der Waals surface area contributed by atoms with Gasteiger partial charge in [-0.2, -0.15) is 0 Å². The van der Waals surface area contributed by atoms with Crippen LogP contribution in [0.2, 0.25) is 0 Å². The lowest BCUT2D eigenvalue weighted by Crippen LogP contribution is -2.37. The molecule has 0 aliphatic heterocycles. The van der Waals surface area contributed by atoms with Crippen molar-refractivity contribution in [1.82, 2.24) is 0 Å². The zero-order chi connectivity index (χ0) is 19.1. The van der Waals surface area contributed by atoms with Gasteiger partial charge in [0.2, 0.25) is 11.8 Å². The Balaban J connectivity index is 2.13. The second kappa shape index (κ2) is 8.80. The van der Waals surface area contributed by atoms with E-state index in [2.05, 4.69) is 5.32 Å². The van der Waals surface area contributed by atoms with E-state index in [1.54, 1.807) is 42.5 Å². The molecule has 136 valence electrons. The number of Topliss-reactive ketones (excluding diaryl/α,β-unsaturated/α-hetero) is 1. The van der Waals surface area contributed by atoms with E-state index >= 15 is 0 Å². The second-order valence-electron chi connectivity index (χ2n) is 5.69. The summed E-state index contributed by atoms with van der Waals surface area (Å²) in [6.07, 6.45) is 0. The summed E-state index contributed by atoms with van der Waals surface area (Å²) < 4.78 is 5.55. The zero-order valence-corrected chi connectivity index (χ0v) is 15.1. The highest BCUT2D eigenvalue weighted by Gasteiger charge is 2.19. The van der Waals surface area contributed by atoms with Crippen molar-refractivity contribution in [1.29, 1.82) is 0 Å². The minimum atomic E-state index is -0.345. The molecule has 0 aliphatic carbocycles. The largest absolute Gasteiger partial charge is 0.492 e. The van der Waals surface area contributed by atoms with Crippen LogP contribution in [0, 0.1) is 0 Å². The van der Waals surface area contributed by atoms with Crippen molar-refractivity contribution < 1.29 is 19.1 Å². The molecular weight excluding hydrogens is 332 g/mol. The molecule has 0 bridgehead atoms. The standard InChI is InChI=1S/C20H22N2O4/c1-4-26-19-8-6-5-7-18(19)22(15(3)24)13-20(25)21-17-11-9-16(10-12-17)14(2)23/h5-12H,4,13H2,1-3H3,(H,21,25). The van der Waals surface area contributed by atoms with Gasteiger partial charge in [-0.05, 0) is 50.2 Å². The molecule has 0 saturated carbocycles. The summed E-state index contributed by atoms with van der Waals surface area (Å²) in [7, 11) is 0. The number of carbonyl (C=O) groups excluding carboxylic acids is 3. The monoisotopic (exact) mass is 354 g/mol. The van der Waals surface area contributed by atoms with Gasteiger partial charge in [0.15, 0.2) is 5.78 Å². The van der Waals surface area contributed by atoms with Gasteiger partial charge in [0.1, 0.15) is 12.3 Å². The fraction of sp³-hybridized carbons (Fsp3) is 0.250. The van der Waals surface area contributed by atoms with Gasteiger partial charge in [-0.3, -0.25) is 19.3 Å². The number of ether oxygens (including phenoxy) is 1. The van der Waals surface area contributed by atoms with Crippen molar-refractivity contribution in [3.05, 3.63) is 54.1 Å². The van der Waals surface area contributed by atoms with Crippen LogP contribution in [-0.2, 0) is 9.59 Å². The Bertz CT molecular complexity index is 800. The van der Waals surface area contributed by atoms with E-state index in [0.717, 1.165) is 0 Å². The molecule has 1 N–H and O–H groups in total. The van der Waals surface area contributed by atoms with Crippen molar-refractivity contribution in [2.24, 2.45) is 0 Å². The molecule has 2 rings (SSSR count). The van der Waals surface area contributed by atoms with Crippen LogP contribution in [0.5, 0.6) is 5.75 Å². The van der Waals surface area contributed by atoms with Crippen LogP contribution >= 0.6 is 0 Å². The van der Waals surface area contributed by atoms with Crippen LogP contribution in [0.4, 0.5) is 11.4 Å². The minimum absolute atomic E-state index is 0.0434. The van der Waals surface area contributed by atoms with Crippen molar-refractivity contribution in [3.63, 3.8) is 0 Å². The number of hydrogen-bond donors (Lipinski definition) is 1. The lowest BCUT2D eigenvalue weighted by molar-refractivity contribution is -0.120. The van der Waals surface area contributed by atoms with Crippen molar-refractivity contribution >= 4 is 29.0 Å². The molecule has 0 heterocycles. The van der Waals surface area contributed by atoms with Gasteiger partial charge in [-0.1, -0.05) is 12.1 Å². The molecule has 6 heteroatoms. The van der Waals surface area contributed by atoms with Gasteiger partial charge in [0, 0.05) is 18.2 Å². The quantitative estimate of drug-likeness (QED) is 0.774. The molecule has 0 fully saturated rings. The topological polar surface area (TPSA) is 75.7 Å². The number of ketones is 1. The van der Waals surface area contributed by atoms with E-state index in [4.69, 9.17) is 4.74 Å². The fourth-order valence-corrected chi connectivity index (χ4v) is 2.46. The number of nitrogens with zero attached hydrogens (tertiary/aromatic N) is 1. The molecular formula is C20H22N2O4. The molecule has 26 heavy (non-hydrogen) atoms. The van der Waals surface area contributed by atoms with Crippen LogP contribution in [0.1, 0.15) is 31.1 Å². The van der Waals surface area contributed by atoms with Crippen molar-refractivity contribution in [2.75, 3.05) is 23.4 Å². The Morgan fingerprint density at radius 2 is 1.65 bits per heavy atom. The van der Waals surface area contributed by atoms with Gasteiger partial charge in [-0.25, -0.2) is 0 Å². The molecule has 0 atom stereocenters. The van der Waals surface area contributed by atoms with Gasteiger partial charge in [-0.15, -0.1) is 0 Å². The first kappa shape index (κ1) is 19.2. The molecule has 2 amide bonds. The maximum Gasteiger partial charge on any atom is 0.244 e. The number of carbonyl (C=O) groups is 3. The molecule has 0 saturated heterocycles. The Morgan fingerprint density at radius 3 is 2.23 bits per heavy atom. The lowest BCUT2D eigenvalue weighted by Gasteiger charge is -2.23. The third-order valence-electron chi connectivity index (χ3n) is 3.71. The van der Waals surface area contributed by atoms with Crippen LogP contribution in [0.25, 0.3) is 0 Å². The molecule has 0 unspecified atom stereocenters. The molecule has 0 aromatic heterocycles. The average molecular weight is 354 g/mol. The van der Waals surface area contributed by atoms with Crippen LogP contribution in [0.15, 0.2) is 48.5 Å². The number of nitrogens with one attached hydrogen (secondary N) is 1. The van der Waals surface area contributed by atoms with E-state index in [-0.39, 0.29) is 24.1 Å². The highest BCUT2D eigenvalue weighted by molar-refractivity contribution is 6.02. The van der Waals surface area contributed by atoms with Gasteiger partial charge < -0.3 is 10.1 Å². The molecule has 0 spiro atoms. The zero-order valence-electron chi connectivity index (χ0n) is 15.1. The second-order valence-corrected chi connectivity index (χ2v) is 5.69. The summed E-state index contributed by atoms with van der Waals surface area (Å²) in [5.41, 5.74) is 1.67. The third-order valence-corrected chi connectivity index (χ3v) is 3.71. The number of hydrogen-bond acceptors (Lipinski definition) is 4. The summed E-state index contributed by atoms with van der Waals surface area (Å²) in [5, 5.41) is 2.73. The number of benzene rings is 2. The number of para-hydroxylation sites is 2. The molecule has 0 aliphatic rings. The summed E-state index contributed by atoms with van der Waals surface area (Å²) in [4.78, 5) is 37.1. The summed E-state index contributed by atoms with van der Waals surface area (Å²) in [5.74, 6) is -0.108. The summed E-state index contributed by atoms with van der Waals surface area (Å²) in [6, 6.07) is 13.7. The van der Waals surface area contributed by atoms with E-state index in [0.29, 0.717) is 29.3 Å². The first-order valence-corrected chi connectivity index (χ1v) is 8.33. The summed E-state index contributed by atoms with van der Waals surface area (Å²) in [6.45, 7) is 5.05. The van der Waals surface area contributed by atoms with E-state index in [9.17, 15) is 14.4 Å².